The summed E-state index contributed by atoms with van der Waals surface area (Å²) in [4.78, 5) is 0. The molecule has 0 aromatic heterocycles. The first kappa shape index (κ1) is 9.44. The van der Waals surface area contributed by atoms with Crippen LogP contribution in [0.5, 0.6) is 0 Å². The van der Waals surface area contributed by atoms with Crippen molar-refractivity contribution in [1.82, 2.24) is 0 Å². The van der Waals surface area contributed by atoms with E-state index in [1.165, 1.54) is 0 Å². The zero-order valence-electron chi connectivity index (χ0n) is 8.47. The van der Waals surface area contributed by atoms with Crippen LogP contribution in [-0.2, 0) is 14.2 Å². The highest BCUT2D eigenvalue weighted by atomic mass is 16.7. The standard InChI is InChI=1S/C10H18O3/c1-9(8-13-9)4-3-5-10(2)11-6-7-12-10/h3-8H2,1-2H3/t9-/m1/s1. The second-order valence-electron chi connectivity index (χ2n) is 4.42. The van der Waals surface area contributed by atoms with Gasteiger partial charge in [-0.3, -0.25) is 0 Å². The van der Waals surface area contributed by atoms with E-state index in [9.17, 15) is 0 Å². The number of ether oxygens (including phenoxy) is 3. The molecule has 0 amide bonds. The van der Waals surface area contributed by atoms with E-state index in [1.807, 2.05) is 6.92 Å². The van der Waals surface area contributed by atoms with Crippen LogP contribution in [0.15, 0.2) is 0 Å². The van der Waals surface area contributed by atoms with Crippen molar-refractivity contribution in [2.24, 2.45) is 0 Å². The summed E-state index contributed by atoms with van der Waals surface area (Å²) < 4.78 is 16.3. The van der Waals surface area contributed by atoms with Crippen molar-refractivity contribution < 1.29 is 14.2 Å². The Hall–Kier alpha value is -0.120. The topological polar surface area (TPSA) is 31.0 Å². The second-order valence-corrected chi connectivity index (χ2v) is 4.42. The zero-order valence-corrected chi connectivity index (χ0v) is 8.47. The Morgan fingerprint density at radius 1 is 1.00 bits per heavy atom. The number of epoxide rings is 1. The van der Waals surface area contributed by atoms with Crippen molar-refractivity contribution in [2.75, 3.05) is 19.8 Å². The number of rotatable bonds is 4. The molecular weight excluding hydrogens is 168 g/mol. The highest BCUT2D eigenvalue weighted by Crippen LogP contribution is 2.34. The first-order valence-corrected chi connectivity index (χ1v) is 5.04. The Morgan fingerprint density at radius 2 is 1.62 bits per heavy atom. The average Bonchev–Trinajstić information content (AvgIpc) is 2.62. The van der Waals surface area contributed by atoms with E-state index in [0.29, 0.717) is 0 Å². The van der Waals surface area contributed by atoms with Gasteiger partial charge in [-0.05, 0) is 26.7 Å². The lowest BCUT2D eigenvalue weighted by Gasteiger charge is -2.22. The molecule has 2 fully saturated rings. The minimum Gasteiger partial charge on any atom is -0.370 e. The predicted octanol–water partition coefficient (Wildman–Crippen LogP) is 1.71. The minimum atomic E-state index is -0.314. The fourth-order valence-corrected chi connectivity index (χ4v) is 1.75. The van der Waals surface area contributed by atoms with Crippen molar-refractivity contribution in [3.05, 3.63) is 0 Å². The molecular formula is C10H18O3. The third-order valence-corrected chi connectivity index (χ3v) is 2.87. The maximum Gasteiger partial charge on any atom is 0.165 e. The molecule has 0 spiro atoms. The third-order valence-electron chi connectivity index (χ3n) is 2.87. The lowest BCUT2D eigenvalue weighted by molar-refractivity contribution is -0.147. The smallest absolute Gasteiger partial charge is 0.165 e. The van der Waals surface area contributed by atoms with E-state index < -0.39 is 0 Å². The quantitative estimate of drug-likeness (QED) is 0.626. The molecule has 0 aromatic carbocycles. The van der Waals surface area contributed by atoms with Crippen LogP contribution < -0.4 is 0 Å². The predicted molar refractivity (Wildman–Crippen MR) is 48.5 cm³/mol. The summed E-state index contributed by atoms with van der Waals surface area (Å²) >= 11 is 0. The maximum atomic E-state index is 5.51. The molecule has 3 nitrogen and oxygen atoms in total. The minimum absolute atomic E-state index is 0.176. The fraction of sp³-hybridized carbons (Fsp3) is 1.00. The average molecular weight is 186 g/mol. The van der Waals surface area contributed by atoms with Crippen LogP contribution in [0.1, 0.15) is 33.1 Å². The van der Waals surface area contributed by atoms with Crippen molar-refractivity contribution >= 4 is 0 Å². The van der Waals surface area contributed by atoms with Crippen LogP contribution in [-0.4, -0.2) is 31.2 Å². The van der Waals surface area contributed by atoms with Crippen LogP contribution in [0.2, 0.25) is 0 Å². The van der Waals surface area contributed by atoms with E-state index >= 15 is 0 Å². The van der Waals surface area contributed by atoms with E-state index in [1.54, 1.807) is 0 Å². The molecule has 76 valence electrons. The molecule has 0 unspecified atom stereocenters. The number of hydrogen-bond acceptors (Lipinski definition) is 3. The Labute approximate surface area is 79.4 Å². The molecule has 3 heteroatoms. The largest absolute Gasteiger partial charge is 0.370 e. The van der Waals surface area contributed by atoms with E-state index in [4.69, 9.17) is 14.2 Å². The monoisotopic (exact) mass is 186 g/mol. The summed E-state index contributed by atoms with van der Waals surface area (Å²) in [6.45, 7) is 6.59. The summed E-state index contributed by atoms with van der Waals surface area (Å²) in [5.74, 6) is -0.314. The van der Waals surface area contributed by atoms with Crippen LogP contribution in [0.3, 0.4) is 0 Å². The van der Waals surface area contributed by atoms with Gasteiger partial charge in [0.25, 0.3) is 0 Å². The lowest BCUT2D eigenvalue weighted by Crippen LogP contribution is -2.25. The molecule has 0 radical (unpaired) electrons. The summed E-state index contributed by atoms with van der Waals surface area (Å²) in [5, 5.41) is 0. The molecule has 0 bridgehead atoms. The Bertz CT molecular complexity index is 181. The first-order valence-electron chi connectivity index (χ1n) is 5.04. The van der Waals surface area contributed by atoms with Gasteiger partial charge in [0, 0.05) is 6.42 Å². The molecule has 2 aliphatic rings. The molecule has 0 N–H and O–H groups in total. The molecule has 2 heterocycles. The van der Waals surface area contributed by atoms with E-state index in [-0.39, 0.29) is 11.4 Å². The highest BCUT2D eigenvalue weighted by Gasteiger charge is 2.39. The van der Waals surface area contributed by atoms with Gasteiger partial charge in [-0.2, -0.15) is 0 Å². The molecule has 0 aliphatic carbocycles. The summed E-state index contributed by atoms with van der Waals surface area (Å²) in [6.07, 6.45) is 3.22. The molecule has 0 aromatic rings. The van der Waals surface area contributed by atoms with Gasteiger partial charge in [0.05, 0.1) is 25.4 Å². The molecule has 0 saturated carbocycles. The van der Waals surface area contributed by atoms with Gasteiger partial charge in [0.15, 0.2) is 5.79 Å². The second kappa shape index (κ2) is 3.23. The lowest BCUT2D eigenvalue weighted by atomic mass is 10.0. The van der Waals surface area contributed by atoms with Gasteiger partial charge < -0.3 is 14.2 Å². The van der Waals surface area contributed by atoms with Gasteiger partial charge in [-0.1, -0.05) is 0 Å². The first-order chi connectivity index (χ1) is 6.12. The molecule has 2 aliphatic heterocycles. The maximum absolute atomic E-state index is 5.51. The highest BCUT2D eigenvalue weighted by molar-refractivity contribution is 4.87. The summed E-state index contributed by atoms with van der Waals surface area (Å²) in [5.41, 5.74) is 0.176. The van der Waals surface area contributed by atoms with Crippen LogP contribution >= 0.6 is 0 Å². The SMILES string of the molecule is CC1(CCC[C@]2(C)CO2)OCCO1. The van der Waals surface area contributed by atoms with Crippen LogP contribution in [0.25, 0.3) is 0 Å². The van der Waals surface area contributed by atoms with Crippen molar-refractivity contribution in [1.29, 1.82) is 0 Å². The Balaban J connectivity index is 1.66. The van der Waals surface area contributed by atoms with Crippen molar-refractivity contribution in [2.45, 2.75) is 44.5 Å². The molecule has 1 atom stereocenters. The molecule has 2 saturated heterocycles. The van der Waals surface area contributed by atoms with E-state index in [2.05, 4.69) is 6.92 Å². The van der Waals surface area contributed by atoms with Gasteiger partial charge in [-0.25, -0.2) is 0 Å². The van der Waals surface area contributed by atoms with Gasteiger partial charge >= 0.3 is 0 Å². The normalized spacial score (nSPS) is 36.5. The molecule has 13 heavy (non-hydrogen) atoms. The van der Waals surface area contributed by atoms with Gasteiger partial charge in [0.1, 0.15) is 0 Å². The van der Waals surface area contributed by atoms with Crippen molar-refractivity contribution in [3.63, 3.8) is 0 Å². The Kier molecular flexibility index (Phi) is 2.34. The van der Waals surface area contributed by atoms with Gasteiger partial charge in [-0.15, -0.1) is 0 Å². The fourth-order valence-electron chi connectivity index (χ4n) is 1.75. The Morgan fingerprint density at radius 3 is 2.15 bits per heavy atom. The van der Waals surface area contributed by atoms with Crippen LogP contribution in [0.4, 0.5) is 0 Å². The molecule has 2 rings (SSSR count). The zero-order chi connectivity index (χ0) is 9.36. The van der Waals surface area contributed by atoms with Crippen LogP contribution in [0, 0.1) is 0 Å². The van der Waals surface area contributed by atoms with Crippen molar-refractivity contribution in [3.8, 4) is 0 Å². The third kappa shape index (κ3) is 2.42. The summed E-state index contributed by atoms with van der Waals surface area (Å²) in [6, 6.07) is 0. The van der Waals surface area contributed by atoms with E-state index in [0.717, 1.165) is 39.1 Å². The number of hydrogen-bond donors (Lipinski definition) is 0. The van der Waals surface area contributed by atoms with Gasteiger partial charge in [0.2, 0.25) is 0 Å². The summed E-state index contributed by atoms with van der Waals surface area (Å²) in [7, 11) is 0.